The van der Waals surface area contributed by atoms with Crippen molar-refractivity contribution >= 4 is 73.9 Å². The van der Waals surface area contributed by atoms with Gasteiger partial charge in [-0.2, -0.15) is 26.3 Å². The highest BCUT2D eigenvalue weighted by molar-refractivity contribution is 7.19. The van der Waals surface area contributed by atoms with Crippen molar-refractivity contribution < 1.29 is 31.1 Å². The van der Waals surface area contributed by atoms with E-state index in [0.717, 1.165) is 39.5 Å². The first-order valence-corrected chi connectivity index (χ1v) is 17.7. The third kappa shape index (κ3) is 6.33. The number of aryl methyl sites for hydroxylation is 2. The first-order valence-electron chi connectivity index (χ1n) is 16.0. The SMILES string of the molecule is COc1ccc(C=Cc2ccc3sc(C)c(C4=C(c5c(C)sc(C=CC=Cc6ccc(N(C)C)cc6)c5C)C(F)(F)C(F)(F)C4(F)F)c3c2)cc1. The lowest BCUT2D eigenvalue weighted by Crippen LogP contribution is -2.49. The van der Waals surface area contributed by atoms with Crippen LogP contribution in [0.4, 0.5) is 32.0 Å². The number of alkyl halides is 6. The number of allylic oxidation sites excluding steroid dienone is 4. The third-order valence-corrected chi connectivity index (χ3v) is 11.3. The van der Waals surface area contributed by atoms with Gasteiger partial charge in [0.1, 0.15) is 5.75 Å². The number of benzene rings is 3. The van der Waals surface area contributed by atoms with Gasteiger partial charge < -0.3 is 9.64 Å². The van der Waals surface area contributed by atoms with Gasteiger partial charge in [-0.25, -0.2) is 0 Å². The average Bonchev–Trinajstić information content (AvgIpc) is 3.59. The maximum Gasteiger partial charge on any atom is 0.380 e. The van der Waals surface area contributed by atoms with Gasteiger partial charge in [-0.15, -0.1) is 22.7 Å². The molecule has 0 spiro atoms. The number of fused-ring (bicyclic) bond motifs is 1. The fourth-order valence-corrected chi connectivity index (χ4v) is 8.48. The molecule has 0 radical (unpaired) electrons. The van der Waals surface area contributed by atoms with Gasteiger partial charge in [-0.1, -0.05) is 60.7 Å². The Morgan fingerprint density at radius 3 is 1.78 bits per heavy atom. The summed E-state index contributed by atoms with van der Waals surface area (Å²) in [5, 5.41) is 0.212. The summed E-state index contributed by atoms with van der Waals surface area (Å²) in [7, 11) is 5.45. The molecule has 5 aromatic rings. The minimum atomic E-state index is -5.65. The summed E-state index contributed by atoms with van der Waals surface area (Å²) in [6.07, 6.45) is 10.6. The molecule has 10 heteroatoms. The molecular formula is C41H35F6NOS2. The fraction of sp³-hybridized carbons (Fsp3) is 0.220. The van der Waals surface area contributed by atoms with Crippen LogP contribution in [0, 0.1) is 20.8 Å². The minimum absolute atomic E-state index is 0.212. The Bertz CT molecular complexity index is 2220. The predicted octanol–water partition coefficient (Wildman–Crippen LogP) is 12.7. The summed E-state index contributed by atoms with van der Waals surface area (Å²) in [4.78, 5) is 2.98. The molecule has 6 rings (SSSR count). The van der Waals surface area contributed by atoms with Crippen molar-refractivity contribution in [2.75, 3.05) is 26.1 Å². The van der Waals surface area contributed by atoms with Crippen molar-refractivity contribution in [3.8, 4) is 5.75 Å². The number of nitrogens with zero attached hydrogens (tertiary/aromatic N) is 1. The second-order valence-electron chi connectivity index (χ2n) is 12.6. The van der Waals surface area contributed by atoms with Gasteiger partial charge in [0.15, 0.2) is 0 Å². The van der Waals surface area contributed by atoms with E-state index in [2.05, 4.69) is 0 Å². The Labute approximate surface area is 301 Å². The molecule has 51 heavy (non-hydrogen) atoms. The van der Waals surface area contributed by atoms with E-state index in [1.54, 1.807) is 67.8 Å². The predicted molar refractivity (Wildman–Crippen MR) is 203 cm³/mol. The van der Waals surface area contributed by atoms with Crippen molar-refractivity contribution in [1.82, 2.24) is 0 Å². The van der Waals surface area contributed by atoms with E-state index in [9.17, 15) is 0 Å². The van der Waals surface area contributed by atoms with E-state index in [-0.39, 0.29) is 31.8 Å². The van der Waals surface area contributed by atoms with Crippen LogP contribution in [0.25, 0.3) is 45.5 Å². The molecule has 2 aromatic heterocycles. The Hall–Kier alpha value is -4.54. The fourth-order valence-electron chi connectivity index (χ4n) is 6.34. The lowest BCUT2D eigenvalue weighted by atomic mass is 9.91. The number of hydrogen-bond donors (Lipinski definition) is 0. The second-order valence-corrected chi connectivity index (χ2v) is 15.1. The molecule has 3 aromatic carbocycles. The van der Waals surface area contributed by atoms with Crippen LogP contribution in [0.15, 0.2) is 78.9 Å². The number of hydrogen-bond acceptors (Lipinski definition) is 4. The Balaban J connectivity index is 1.45. The summed E-state index contributed by atoms with van der Waals surface area (Å²) in [5.74, 6) is -15.3. The molecular weight excluding hydrogens is 701 g/mol. The molecule has 0 saturated carbocycles. The van der Waals surface area contributed by atoms with Gasteiger partial charge in [-0.05, 0) is 85.5 Å². The minimum Gasteiger partial charge on any atom is -0.497 e. The van der Waals surface area contributed by atoms with Crippen LogP contribution >= 0.6 is 22.7 Å². The molecule has 1 aliphatic carbocycles. The zero-order valence-corrected chi connectivity index (χ0v) is 30.4. The van der Waals surface area contributed by atoms with Gasteiger partial charge in [0.05, 0.1) is 7.11 Å². The van der Waals surface area contributed by atoms with E-state index < -0.39 is 28.9 Å². The van der Waals surface area contributed by atoms with Gasteiger partial charge in [0.25, 0.3) is 0 Å². The molecule has 0 atom stereocenters. The van der Waals surface area contributed by atoms with Gasteiger partial charge in [-0.3, -0.25) is 0 Å². The number of methoxy groups -OCH3 is 1. The molecule has 0 unspecified atom stereocenters. The summed E-state index contributed by atoms with van der Waals surface area (Å²) in [6.45, 7) is 4.52. The van der Waals surface area contributed by atoms with Crippen LogP contribution in [-0.4, -0.2) is 39.0 Å². The number of halogens is 6. The molecule has 264 valence electrons. The molecule has 0 N–H and O–H groups in total. The Morgan fingerprint density at radius 1 is 0.627 bits per heavy atom. The van der Waals surface area contributed by atoms with Crippen LogP contribution in [0.2, 0.25) is 0 Å². The number of anilines is 1. The lowest BCUT2D eigenvalue weighted by Gasteiger charge is -2.26. The largest absolute Gasteiger partial charge is 0.497 e. The molecule has 1 aliphatic rings. The topological polar surface area (TPSA) is 12.5 Å². The van der Waals surface area contributed by atoms with Crippen LogP contribution in [-0.2, 0) is 0 Å². The highest BCUT2D eigenvalue weighted by Gasteiger charge is 2.80. The molecule has 0 aliphatic heterocycles. The molecule has 0 saturated heterocycles. The standard InChI is InChI=1S/C41H35F6NOS2/c1-24-33(10-8-7-9-27-13-18-30(19-14-27)48(4)5)50-25(2)35(24)37-38(40(44,45)41(46,47)39(37,42)43)36-26(3)51-34-22-17-29(23-32(34)36)12-11-28-15-20-31(49-6)21-16-28/h7-23H,1-6H3. The van der Waals surface area contributed by atoms with E-state index in [0.29, 0.717) is 20.9 Å². The van der Waals surface area contributed by atoms with E-state index in [1.807, 2.05) is 61.5 Å². The molecule has 0 fully saturated rings. The van der Waals surface area contributed by atoms with Crippen molar-refractivity contribution in [3.63, 3.8) is 0 Å². The Morgan fingerprint density at radius 2 is 1.16 bits per heavy atom. The molecule has 0 amide bonds. The first kappa shape index (κ1) is 36.3. The van der Waals surface area contributed by atoms with Gasteiger partial charge in [0, 0.05) is 66.8 Å². The maximum absolute atomic E-state index is 16.0. The second kappa shape index (κ2) is 13.5. The number of thiophene rings is 2. The van der Waals surface area contributed by atoms with Gasteiger partial charge >= 0.3 is 17.8 Å². The third-order valence-electron chi connectivity index (χ3n) is 9.06. The van der Waals surface area contributed by atoms with Crippen molar-refractivity contribution in [1.29, 1.82) is 0 Å². The van der Waals surface area contributed by atoms with Crippen LogP contribution in [0.1, 0.15) is 48.0 Å². The van der Waals surface area contributed by atoms with E-state index >= 15 is 26.3 Å². The van der Waals surface area contributed by atoms with Crippen molar-refractivity contribution in [3.05, 3.63) is 127 Å². The van der Waals surface area contributed by atoms with Crippen LogP contribution < -0.4 is 9.64 Å². The zero-order valence-electron chi connectivity index (χ0n) is 28.8. The maximum atomic E-state index is 16.0. The van der Waals surface area contributed by atoms with E-state index in [4.69, 9.17) is 4.74 Å². The first-order chi connectivity index (χ1) is 24.1. The number of rotatable bonds is 9. The van der Waals surface area contributed by atoms with Gasteiger partial charge in [0.2, 0.25) is 0 Å². The lowest BCUT2D eigenvalue weighted by molar-refractivity contribution is -0.254. The molecule has 0 bridgehead atoms. The summed E-state index contributed by atoms with van der Waals surface area (Å²) >= 11 is 2.20. The molecule has 2 nitrogen and oxygen atoms in total. The zero-order chi connectivity index (χ0) is 36.9. The smallest absolute Gasteiger partial charge is 0.380 e. The monoisotopic (exact) mass is 735 g/mol. The summed E-state index contributed by atoms with van der Waals surface area (Å²) in [6, 6.07) is 20.2. The molecule has 2 heterocycles. The summed E-state index contributed by atoms with van der Waals surface area (Å²) in [5.41, 5.74) is 0.459. The van der Waals surface area contributed by atoms with E-state index in [1.165, 1.54) is 20.8 Å². The quantitative estimate of drug-likeness (QED) is 0.0849. The normalized spacial score (nSPS) is 16.8. The average molecular weight is 736 g/mol. The van der Waals surface area contributed by atoms with Crippen molar-refractivity contribution in [2.24, 2.45) is 0 Å². The highest BCUT2D eigenvalue weighted by atomic mass is 32.1. The highest BCUT2D eigenvalue weighted by Crippen LogP contribution is 2.66. The summed E-state index contributed by atoms with van der Waals surface area (Å²) < 4.78 is 101. The number of ether oxygens (including phenoxy) is 1. The van der Waals surface area contributed by atoms with Crippen LogP contribution in [0.3, 0.4) is 0 Å². The Kier molecular flexibility index (Phi) is 9.63. The van der Waals surface area contributed by atoms with Crippen LogP contribution in [0.5, 0.6) is 5.75 Å². The van der Waals surface area contributed by atoms with Crippen molar-refractivity contribution in [2.45, 2.75) is 38.5 Å².